The van der Waals surface area contributed by atoms with Crippen LogP contribution in [0.25, 0.3) is 0 Å². The average molecular weight is 180 g/mol. The summed E-state index contributed by atoms with van der Waals surface area (Å²) in [6.45, 7) is 5.82. The number of fused-ring (bicyclic) bond motifs is 3. The lowest BCUT2D eigenvalue weighted by atomic mass is 9.84. The average Bonchev–Trinajstić information content (AvgIpc) is 2.31. The van der Waals surface area contributed by atoms with Crippen LogP contribution in [-0.4, -0.2) is 36.2 Å². The number of rotatable bonds is 1. The highest BCUT2D eigenvalue weighted by Gasteiger charge is 2.46. The minimum atomic E-state index is 0.0844. The van der Waals surface area contributed by atoms with Crippen molar-refractivity contribution < 1.29 is 4.74 Å². The maximum atomic E-state index is 8.95. The van der Waals surface area contributed by atoms with Crippen molar-refractivity contribution in [3.05, 3.63) is 0 Å². The molecular weight excluding hydrogens is 164 g/mol. The zero-order chi connectivity index (χ0) is 9.42. The Balaban J connectivity index is 2.11. The molecule has 3 saturated heterocycles. The third kappa shape index (κ3) is 1.34. The third-order valence-electron chi connectivity index (χ3n) is 3.15. The normalized spacial score (nSPS) is 39.4. The summed E-state index contributed by atoms with van der Waals surface area (Å²) in [5.41, 5.74) is 0. The molecule has 0 spiro atoms. The highest BCUT2D eigenvalue weighted by atomic mass is 16.5. The maximum Gasteiger partial charge on any atom is 0.0852 e. The highest BCUT2D eigenvalue weighted by Crippen LogP contribution is 2.35. The van der Waals surface area contributed by atoms with Crippen molar-refractivity contribution >= 4 is 0 Å². The van der Waals surface area contributed by atoms with E-state index in [-0.39, 0.29) is 5.92 Å². The molecule has 0 saturated carbocycles. The molecule has 3 fully saturated rings. The summed E-state index contributed by atoms with van der Waals surface area (Å²) in [4.78, 5) is 2.43. The van der Waals surface area contributed by atoms with Gasteiger partial charge in [-0.05, 0) is 20.3 Å². The van der Waals surface area contributed by atoms with Crippen LogP contribution in [0.5, 0.6) is 0 Å². The zero-order valence-electron chi connectivity index (χ0n) is 8.23. The SMILES string of the molecule is CC(C)N1[C@@H]2COC[C@@H](C#N)[C@H]1C2. The van der Waals surface area contributed by atoms with E-state index in [2.05, 4.69) is 24.8 Å². The van der Waals surface area contributed by atoms with Gasteiger partial charge in [0.2, 0.25) is 0 Å². The largest absolute Gasteiger partial charge is 0.378 e. The van der Waals surface area contributed by atoms with E-state index in [9.17, 15) is 0 Å². The van der Waals surface area contributed by atoms with Gasteiger partial charge >= 0.3 is 0 Å². The summed E-state index contributed by atoms with van der Waals surface area (Å²) in [7, 11) is 0. The minimum absolute atomic E-state index is 0.0844. The summed E-state index contributed by atoms with van der Waals surface area (Å²) in [5, 5.41) is 8.95. The van der Waals surface area contributed by atoms with Gasteiger partial charge in [-0.1, -0.05) is 0 Å². The molecule has 0 aromatic carbocycles. The van der Waals surface area contributed by atoms with E-state index in [0.717, 1.165) is 13.0 Å². The highest BCUT2D eigenvalue weighted by molar-refractivity contribution is 5.05. The van der Waals surface area contributed by atoms with E-state index < -0.39 is 0 Å². The third-order valence-corrected chi connectivity index (χ3v) is 3.15. The van der Waals surface area contributed by atoms with Crippen molar-refractivity contribution in [3.8, 4) is 6.07 Å². The first-order valence-electron chi connectivity index (χ1n) is 4.99. The van der Waals surface area contributed by atoms with Gasteiger partial charge < -0.3 is 4.74 Å². The van der Waals surface area contributed by atoms with Crippen LogP contribution in [0.4, 0.5) is 0 Å². The molecule has 3 rings (SSSR count). The molecule has 0 N–H and O–H groups in total. The molecule has 0 aliphatic carbocycles. The van der Waals surface area contributed by atoms with Crippen molar-refractivity contribution in [1.29, 1.82) is 5.26 Å². The number of hydrogen-bond acceptors (Lipinski definition) is 3. The Morgan fingerprint density at radius 3 is 2.85 bits per heavy atom. The van der Waals surface area contributed by atoms with E-state index >= 15 is 0 Å². The first kappa shape index (κ1) is 8.98. The van der Waals surface area contributed by atoms with Gasteiger partial charge in [0.1, 0.15) is 0 Å². The quantitative estimate of drug-likeness (QED) is 0.604. The molecule has 0 amide bonds. The molecule has 0 unspecified atom stereocenters. The van der Waals surface area contributed by atoms with Gasteiger partial charge in [-0.25, -0.2) is 0 Å². The number of nitrogens with zero attached hydrogens (tertiary/aromatic N) is 2. The lowest BCUT2D eigenvalue weighted by Crippen LogP contribution is -2.61. The van der Waals surface area contributed by atoms with Crippen LogP contribution in [0.1, 0.15) is 20.3 Å². The molecule has 13 heavy (non-hydrogen) atoms. The summed E-state index contributed by atoms with van der Waals surface area (Å²) >= 11 is 0. The molecule has 3 nitrogen and oxygen atoms in total. The second kappa shape index (κ2) is 3.28. The van der Waals surface area contributed by atoms with Gasteiger partial charge in [0, 0.05) is 18.1 Å². The first-order chi connectivity index (χ1) is 6.24. The van der Waals surface area contributed by atoms with Gasteiger partial charge in [0.05, 0.1) is 25.2 Å². The van der Waals surface area contributed by atoms with Gasteiger partial charge in [-0.3, -0.25) is 4.90 Å². The van der Waals surface area contributed by atoms with Crippen molar-refractivity contribution in [2.45, 2.75) is 38.4 Å². The molecule has 3 aliphatic rings. The Morgan fingerprint density at radius 2 is 2.23 bits per heavy atom. The molecule has 3 atom stereocenters. The number of hydrogen-bond donors (Lipinski definition) is 0. The Morgan fingerprint density at radius 1 is 1.46 bits per heavy atom. The fraction of sp³-hybridized carbons (Fsp3) is 0.900. The van der Waals surface area contributed by atoms with Gasteiger partial charge in [-0.2, -0.15) is 5.26 Å². The smallest absolute Gasteiger partial charge is 0.0852 e. The van der Waals surface area contributed by atoms with Crippen LogP contribution in [0.3, 0.4) is 0 Å². The fourth-order valence-electron chi connectivity index (χ4n) is 2.55. The lowest BCUT2D eigenvalue weighted by Gasteiger charge is -2.50. The summed E-state index contributed by atoms with van der Waals surface area (Å²) in [6, 6.07) is 3.92. The van der Waals surface area contributed by atoms with Crippen molar-refractivity contribution in [2.24, 2.45) is 5.92 Å². The van der Waals surface area contributed by atoms with E-state index in [0.29, 0.717) is 24.7 Å². The van der Waals surface area contributed by atoms with Crippen LogP contribution in [0, 0.1) is 17.2 Å². The van der Waals surface area contributed by atoms with E-state index in [1.54, 1.807) is 0 Å². The topological polar surface area (TPSA) is 36.3 Å². The van der Waals surface area contributed by atoms with Gasteiger partial charge in [0.25, 0.3) is 0 Å². The van der Waals surface area contributed by atoms with E-state index in [4.69, 9.17) is 10.00 Å². The molecule has 3 heterocycles. The van der Waals surface area contributed by atoms with Gasteiger partial charge in [-0.15, -0.1) is 0 Å². The Hall–Kier alpha value is -0.590. The van der Waals surface area contributed by atoms with Crippen LogP contribution in [-0.2, 0) is 4.74 Å². The van der Waals surface area contributed by atoms with Crippen LogP contribution < -0.4 is 0 Å². The van der Waals surface area contributed by atoms with Crippen molar-refractivity contribution in [2.75, 3.05) is 13.2 Å². The molecule has 3 heteroatoms. The second-order valence-electron chi connectivity index (χ2n) is 4.27. The molecule has 72 valence electrons. The van der Waals surface area contributed by atoms with Crippen LogP contribution in [0.2, 0.25) is 0 Å². The molecule has 2 bridgehead atoms. The monoisotopic (exact) mass is 180 g/mol. The summed E-state index contributed by atoms with van der Waals surface area (Å²) in [5.74, 6) is 0.0844. The predicted octanol–water partition coefficient (Wildman–Crippen LogP) is 1.01. The number of ether oxygens (including phenoxy) is 1. The summed E-state index contributed by atoms with van der Waals surface area (Å²) in [6.07, 6.45) is 1.15. The molecule has 0 aromatic heterocycles. The Labute approximate surface area is 79.3 Å². The number of nitriles is 1. The first-order valence-corrected chi connectivity index (χ1v) is 4.99. The lowest BCUT2D eigenvalue weighted by molar-refractivity contribution is -0.0260. The Bertz CT molecular complexity index is 234. The van der Waals surface area contributed by atoms with Crippen LogP contribution >= 0.6 is 0 Å². The molecular formula is C10H16N2O. The molecule has 0 radical (unpaired) electrons. The fourth-order valence-corrected chi connectivity index (χ4v) is 2.55. The van der Waals surface area contributed by atoms with E-state index in [1.165, 1.54) is 0 Å². The Kier molecular flexibility index (Phi) is 2.27. The molecule has 0 aromatic rings. The standard InChI is InChI=1S/C10H16N2O/c1-7(2)12-9-3-10(12)8(4-11)5-13-6-9/h7-10H,3,5-6H2,1-2H3/t8-,9+,10-/m1/s1. The van der Waals surface area contributed by atoms with Crippen LogP contribution in [0.15, 0.2) is 0 Å². The summed E-state index contributed by atoms with van der Waals surface area (Å²) < 4.78 is 5.47. The van der Waals surface area contributed by atoms with Gasteiger partial charge in [0.15, 0.2) is 0 Å². The van der Waals surface area contributed by atoms with Crippen molar-refractivity contribution in [1.82, 2.24) is 4.90 Å². The van der Waals surface area contributed by atoms with E-state index in [1.807, 2.05) is 0 Å². The minimum Gasteiger partial charge on any atom is -0.378 e. The predicted molar refractivity (Wildman–Crippen MR) is 49.1 cm³/mol. The second-order valence-corrected chi connectivity index (χ2v) is 4.27. The van der Waals surface area contributed by atoms with Crippen molar-refractivity contribution in [3.63, 3.8) is 0 Å². The maximum absolute atomic E-state index is 8.95. The zero-order valence-corrected chi connectivity index (χ0v) is 8.23. The molecule has 3 aliphatic heterocycles.